The molecule has 0 heterocycles. The van der Waals surface area contributed by atoms with Crippen LogP contribution in [0, 0.1) is 11.3 Å². The lowest BCUT2D eigenvalue weighted by atomic mass is 9.65. The monoisotopic (exact) mass is 294 g/mol. The quantitative estimate of drug-likeness (QED) is 0.336. The van der Waals surface area contributed by atoms with Crippen molar-refractivity contribution in [3.8, 4) is 0 Å². The first-order valence-electron chi connectivity index (χ1n) is 7.98. The van der Waals surface area contributed by atoms with E-state index in [9.17, 15) is 0 Å². The van der Waals surface area contributed by atoms with Gasteiger partial charge < -0.3 is 4.43 Å². The summed E-state index contributed by atoms with van der Waals surface area (Å²) in [7, 11) is -1.65. The van der Waals surface area contributed by atoms with Crippen LogP contribution in [0.4, 0.5) is 0 Å². The Bertz CT molecular complexity index is 371. The fraction of sp³-hybridized carbons (Fsp3) is 0.778. The molecule has 1 aliphatic rings. The molecule has 1 nitrogen and oxygen atoms in total. The largest absolute Gasteiger partial charge is 0.549 e. The van der Waals surface area contributed by atoms with Crippen LogP contribution in [0.2, 0.25) is 18.1 Å². The smallest absolute Gasteiger partial charge is 0.249 e. The molecule has 0 bridgehead atoms. The molecule has 116 valence electrons. The van der Waals surface area contributed by atoms with Gasteiger partial charge in [0.15, 0.2) is 0 Å². The van der Waals surface area contributed by atoms with Crippen LogP contribution in [-0.4, -0.2) is 8.32 Å². The summed E-state index contributed by atoms with van der Waals surface area (Å²) in [5.74, 6) is 0.607. The summed E-state index contributed by atoms with van der Waals surface area (Å²) >= 11 is 0. The molecule has 1 rings (SSSR count). The maximum Gasteiger partial charge on any atom is 0.249 e. The van der Waals surface area contributed by atoms with Crippen molar-refractivity contribution in [2.45, 2.75) is 78.4 Å². The summed E-state index contributed by atoms with van der Waals surface area (Å²) in [6, 6.07) is 0. The van der Waals surface area contributed by atoms with Crippen molar-refractivity contribution in [2.75, 3.05) is 0 Å². The van der Waals surface area contributed by atoms with E-state index < -0.39 is 8.32 Å². The summed E-state index contributed by atoms with van der Waals surface area (Å²) in [5.41, 5.74) is 1.81. The molecule has 0 N–H and O–H groups in total. The van der Waals surface area contributed by atoms with Crippen LogP contribution >= 0.6 is 0 Å². The molecule has 0 radical (unpaired) electrons. The van der Waals surface area contributed by atoms with E-state index >= 15 is 0 Å². The highest BCUT2D eigenvalue weighted by molar-refractivity contribution is 6.74. The van der Waals surface area contributed by atoms with Gasteiger partial charge in [-0.2, -0.15) is 0 Å². The van der Waals surface area contributed by atoms with Gasteiger partial charge in [0.1, 0.15) is 0 Å². The molecule has 20 heavy (non-hydrogen) atoms. The van der Waals surface area contributed by atoms with Gasteiger partial charge in [-0.25, -0.2) is 0 Å². The van der Waals surface area contributed by atoms with E-state index in [1.165, 1.54) is 24.8 Å². The number of hydrogen-bond acceptors (Lipinski definition) is 1. The van der Waals surface area contributed by atoms with Crippen LogP contribution < -0.4 is 0 Å². The van der Waals surface area contributed by atoms with Crippen molar-refractivity contribution in [1.82, 2.24) is 0 Å². The van der Waals surface area contributed by atoms with E-state index in [-0.39, 0.29) is 5.04 Å². The van der Waals surface area contributed by atoms with E-state index in [4.69, 9.17) is 4.43 Å². The minimum atomic E-state index is -1.65. The third-order valence-electron chi connectivity index (χ3n) is 5.39. The first kappa shape index (κ1) is 17.5. The molecule has 0 saturated heterocycles. The summed E-state index contributed by atoms with van der Waals surface area (Å²) in [6.45, 7) is 20.5. The summed E-state index contributed by atoms with van der Waals surface area (Å²) < 4.78 is 6.12. The van der Waals surface area contributed by atoms with Crippen molar-refractivity contribution in [1.29, 1.82) is 0 Å². The zero-order chi connectivity index (χ0) is 15.6. The maximum atomic E-state index is 6.12. The van der Waals surface area contributed by atoms with Crippen molar-refractivity contribution in [3.05, 3.63) is 24.5 Å². The lowest BCUT2D eigenvalue weighted by Crippen LogP contribution is -2.39. The Hall–Kier alpha value is -0.503. The molecular weight excluding hydrogens is 260 g/mol. The minimum Gasteiger partial charge on any atom is -0.549 e. The maximum absolute atomic E-state index is 6.12. The van der Waals surface area contributed by atoms with Gasteiger partial charge in [0.2, 0.25) is 8.32 Å². The second kappa shape index (κ2) is 6.09. The van der Waals surface area contributed by atoms with Crippen LogP contribution in [0.25, 0.3) is 0 Å². The molecule has 1 aliphatic carbocycles. The molecule has 1 unspecified atom stereocenters. The number of rotatable bonds is 4. The lowest BCUT2D eigenvalue weighted by molar-refractivity contribution is 0.191. The molecule has 1 atom stereocenters. The van der Waals surface area contributed by atoms with Crippen molar-refractivity contribution < 1.29 is 4.43 Å². The fourth-order valence-corrected chi connectivity index (χ4v) is 3.53. The Kier molecular flexibility index (Phi) is 5.34. The van der Waals surface area contributed by atoms with E-state index in [0.717, 1.165) is 6.42 Å². The van der Waals surface area contributed by atoms with E-state index in [0.29, 0.717) is 11.3 Å². The highest BCUT2D eigenvalue weighted by Gasteiger charge is 2.38. The van der Waals surface area contributed by atoms with Crippen LogP contribution in [0.1, 0.15) is 60.3 Å². The first-order chi connectivity index (χ1) is 8.97. The van der Waals surface area contributed by atoms with Gasteiger partial charge in [0.05, 0.1) is 6.26 Å². The predicted octanol–water partition coefficient (Wildman–Crippen LogP) is 6.29. The molecule has 0 amide bonds. The van der Waals surface area contributed by atoms with E-state index in [1.807, 2.05) is 6.26 Å². The fourth-order valence-electron chi connectivity index (χ4n) is 2.74. The molecule has 0 spiro atoms. The van der Waals surface area contributed by atoms with Gasteiger partial charge >= 0.3 is 0 Å². The Morgan fingerprint density at radius 2 is 1.95 bits per heavy atom. The van der Waals surface area contributed by atoms with Crippen LogP contribution in [-0.2, 0) is 4.43 Å². The molecule has 0 aromatic heterocycles. The third kappa shape index (κ3) is 4.24. The Labute approximate surface area is 127 Å². The Morgan fingerprint density at radius 1 is 1.35 bits per heavy atom. The van der Waals surface area contributed by atoms with E-state index in [1.54, 1.807) is 0 Å². The zero-order valence-electron chi connectivity index (χ0n) is 14.7. The molecule has 2 heteroatoms. The SMILES string of the molecule is C=C1CCCC(C)(C)C1C/C=C\O[Si](C)(C)C(C)(C)C. The van der Waals surface area contributed by atoms with Gasteiger partial charge in [0, 0.05) is 0 Å². The molecule has 0 aromatic rings. The van der Waals surface area contributed by atoms with Gasteiger partial charge in [-0.1, -0.05) is 52.8 Å². The van der Waals surface area contributed by atoms with Gasteiger partial charge in [-0.15, -0.1) is 0 Å². The third-order valence-corrected chi connectivity index (χ3v) is 9.73. The predicted molar refractivity (Wildman–Crippen MR) is 92.3 cm³/mol. The second-order valence-electron chi connectivity index (χ2n) is 8.54. The summed E-state index contributed by atoms with van der Waals surface area (Å²) in [5, 5.41) is 0.269. The van der Waals surface area contributed by atoms with Crippen molar-refractivity contribution >= 4 is 8.32 Å². The second-order valence-corrected chi connectivity index (χ2v) is 13.3. The normalized spacial score (nSPS) is 24.1. The molecule has 0 aromatic carbocycles. The zero-order valence-corrected chi connectivity index (χ0v) is 15.7. The van der Waals surface area contributed by atoms with E-state index in [2.05, 4.69) is 60.4 Å². The van der Waals surface area contributed by atoms with Crippen LogP contribution in [0.15, 0.2) is 24.5 Å². The number of hydrogen-bond donors (Lipinski definition) is 0. The van der Waals surface area contributed by atoms with Crippen molar-refractivity contribution in [3.63, 3.8) is 0 Å². The Balaban J connectivity index is 2.58. The van der Waals surface area contributed by atoms with Gasteiger partial charge in [-0.3, -0.25) is 0 Å². The molecule has 1 saturated carbocycles. The van der Waals surface area contributed by atoms with Crippen LogP contribution in [0.5, 0.6) is 0 Å². The lowest BCUT2D eigenvalue weighted by Gasteiger charge is -2.40. The minimum absolute atomic E-state index is 0.269. The first-order valence-corrected chi connectivity index (χ1v) is 10.9. The highest BCUT2D eigenvalue weighted by Crippen LogP contribution is 2.45. The standard InChI is InChI=1S/C18H34OSi/c1-15-11-9-13-18(5,6)16(15)12-10-14-19-20(7,8)17(2,3)4/h10,14,16H,1,9,11-13H2,2-8H3/b14-10-. The van der Waals surface area contributed by atoms with Gasteiger partial charge in [0.25, 0.3) is 0 Å². The number of allylic oxidation sites excluding steroid dienone is 2. The van der Waals surface area contributed by atoms with Crippen LogP contribution in [0.3, 0.4) is 0 Å². The van der Waals surface area contributed by atoms with Crippen molar-refractivity contribution in [2.24, 2.45) is 11.3 Å². The average Bonchev–Trinajstić information content (AvgIpc) is 2.24. The molecular formula is C18H34OSi. The molecule has 1 fully saturated rings. The Morgan fingerprint density at radius 3 is 2.45 bits per heavy atom. The summed E-state index contributed by atoms with van der Waals surface area (Å²) in [6.07, 6.45) is 9.07. The molecule has 0 aliphatic heterocycles. The topological polar surface area (TPSA) is 9.23 Å². The average molecular weight is 295 g/mol. The highest BCUT2D eigenvalue weighted by atomic mass is 28.4. The van der Waals surface area contributed by atoms with Gasteiger partial charge in [-0.05, 0) is 55.1 Å². The summed E-state index contributed by atoms with van der Waals surface area (Å²) in [4.78, 5) is 0.